The van der Waals surface area contributed by atoms with Crippen molar-refractivity contribution in [2.24, 2.45) is 5.73 Å². The number of rotatable bonds is 12. The van der Waals surface area contributed by atoms with Gasteiger partial charge in [-0.3, -0.25) is 24.1 Å². The second kappa shape index (κ2) is 11.3. The molecule has 0 aliphatic carbocycles. The molecule has 4 amide bonds. The molecule has 0 aromatic carbocycles. The first-order chi connectivity index (χ1) is 16.9. The van der Waals surface area contributed by atoms with Crippen LogP contribution in [0.1, 0.15) is 19.3 Å². The average molecular weight is 592 g/mol. The summed E-state index contributed by atoms with van der Waals surface area (Å²) >= 11 is 1.02. The van der Waals surface area contributed by atoms with Crippen molar-refractivity contribution in [1.29, 1.82) is 0 Å². The molecule has 0 spiro atoms. The lowest BCUT2D eigenvalue weighted by molar-refractivity contribution is -0.188. The van der Waals surface area contributed by atoms with E-state index in [1.54, 1.807) is 0 Å². The summed E-state index contributed by atoms with van der Waals surface area (Å²) in [6, 6.07) is -0.945. The van der Waals surface area contributed by atoms with Crippen molar-refractivity contribution >= 4 is 51.0 Å². The first-order valence-electron chi connectivity index (χ1n) is 10.2. The fourth-order valence-corrected chi connectivity index (χ4v) is 7.25. The van der Waals surface area contributed by atoms with Crippen LogP contribution < -0.4 is 16.4 Å². The number of methoxy groups -OCH3 is 1. The van der Waals surface area contributed by atoms with Crippen molar-refractivity contribution < 1.29 is 67.6 Å². The molecule has 10 N–H and O–H groups in total. The van der Waals surface area contributed by atoms with Crippen LogP contribution in [0.4, 0.5) is 9.59 Å². The average Bonchev–Trinajstić information content (AvgIpc) is 2.78. The van der Waals surface area contributed by atoms with Crippen LogP contribution in [-0.2, 0) is 28.2 Å². The summed E-state index contributed by atoms with van der Waals surface area (Å²) in [7, 11) is -10.1. The lowest BCUT2D eigenvalue weighted by Crippen LogP contribution is -2.81. The Bertz CT molecular complexity index is 1070. The van der Waals surface area contributed by atoms with Gasteiger partial charge in [-0.15, -0.1) is 11.8 Å². The second-order valence-corrected chi connectivity index (χ2v) is 12.9. The van der Waals surface area contributed by atoms with Gasteiger partial charge in [0.2, 0.25) is 0 Å². The van der Waals surface area contributed by atoms with Crippen molar-refractivity contribution in [3.8, 4) is 0 Å². The maximum atomic E-state index is 12.9. The van der Waals surface area contributed by atoms with E-state index in [0.29, 0.717) is 0 Å². The fourth-order valence-electron chi connectivity index (χ4n) is 3.58. The van der Waals surface area contributed by atoms with Crippen LogP contribution in [-0.4, -0.2) is 101 Å². The molecule has 0 aromatic heterocycles. The molecule has 2 atom stereocenters. The first-order valence-corrected chi connectivity index (χ1v) is 14.5. The van der Waals surface area contributed by atoms with Crippen LogP contribution in [0.5, 0.6) is 0 Å². The van der Waals surface area contributed by atoms with Gasteiger partial charge >= 0.3 is 33.3 Å². The molecule has 0 bridgehead atoms. The summed E-state index contributed by atoms with van der Waals surface area (Å²) < 4.78 is 32.6. The third kappa shape index (κ3) is 6.10. The van der Waals surface area contributed by atoms with Crippen molar-refractivity contribution in [3.05, 3.63) is 11.3 Å². The second-order valence-electron chi connectivity index (χ2n) is 7.84. The van der Waals surface area contributed by atoms with Gasteiger partial charge in [0, 0.05) is 25.0 Å². The highest BCUT2D eigenvalue weighted by atomic mass is 32.2. The van der Waals surface area contributed by atoms with E-state index in [1.807, 2.05) is 0 Å². The number of fused-ring (bicyclic) bond motifs is 1. The van der Waals surface area contributed by atoms with E-state index in [0.717, 1.165) is 23.8 Å². The maximum Gasteiger partial charge on any atom is 0.404 e. The number of hydrogen-bond acceptors (Lipinski definition) is 10. The highest BCUT2D eigenvalue weighted by Gasteiger charge is 2.66. The van der Waals surface area contributed by atoms with Crippen LogP contribution in [0.25, 0.3) is 0 Å². The number of nitrogens with one attached hydrogen (secondary N) is 2. The van der Waals surface area contributed by atoms with Gasteiger partial charge in [-0.05, 0) is 19.3 Å². The number of aliphatic carboxylic acids is 1. The summed E-state index contributed by atoms with van der Waals surface area (Å²) in [6.07, 6.45) is -2.50. The molecule has 0 aromatic rings. The van der Waals surface area contributed by atoms with Crippen LogP contribution in [0.15, 0.2) is 11.3 Å². The number of hydrogen-bond donors (Lipinski definition) is 9. The van der Waals surface area contributed by atoms with Gasteiger partial charge in [-0.2, -0.15) is 0 Å². The van der Waals surface area contributed by atoms with Crippen LogP contribution in [0, 0.1) is 0 Å². The Morgan fingerprint density at radius 1 is 1.22 bits per heavy atom. The normalized spacial score (nSPS) is 22.2. The van der Waals surface area contributed by atoms with Gasteiger partial charge in [-0.25, -0.2) is 14.4 Å². The zero-order valence-corrected chi connectivity index (χ0v) is 21.7. The standard InChI is InChI=1S/C16H26N4O14P2S/c1-33-16(11(23)20-9(10(21)22)8(6-34-13(17)24)7-37-12(16)20)19-14(25)18-5-3-2-4-15(26,35(27,28)29)36(30,31)32/h12,26H,2-7H2,1H3,(H2,17,24)(H,21,22)(H2,18,19,25)(H2,27,28,29)(H2,30,31,32)/t12-,16-/m0/s1. The molecule has 210 valence electrons. The number of β-lactam (4-membered cyclic amide) rings is 1. The molecule has 0 unspecified atom stereocenters. The van der Waals surface area contributed by atoms with E-state index < -0.39 is 74.1 Å². The number of aliphatic hydroxyl groups is 1. The lowest BCUT2D eigenvalue weighted by Gasteiger charge is -2.55. The Morgan fingerprint density at radius 2 is 1.81 bits per heavy atom. The van der Waals surface area contributed by atoms with Gasteiger partial charge in [-0.1, -0.05) is 0 Å². The monoisotopic (exact) mass is 592 g/mol. The third-order valence-electron chi connectivity index (χ3n) is 5.48. The van der Waals surface area contributed by atoms with E-state index in [-0.39, 0.29) is 30.7 Å². The molecular formula is C16H26N4O14P2S. The SMILES string of the molecule is CO[C@@]1(NC(=O)NCCCCC(O)(P(=O)(O)O)P(=O)(O)O)C(=O)N2C(C(=O)O)=C(COC(N)=O)CS[C@H]21. The van der Waals surface area contributed by atoms with Gasteiger partial charge in [0.1, 0.15) is 17.7 Å². The number of thioether (sulfide) groups is 1. The lowest BCUT2D eigenvalue weighted by atomic mass is 9.98. The molecule has 18 nitrogen and oxygen atoms in total. The molecule has 2 rings (SSSR count). The maximum absolute atomic E-state index is 12.9. The zero-order valence-electron chi connectivity index (χ0n) is 19.1. The Hall–Kier alpha value is -2.21. The summed E-state index contributed by atoms with van der Waals surface area (Å²) in [5.74, 6) is -2.41. The Balaban J connectivity index is 2.00. The smallest absolute Gasteiger partial charge is 0.404 e. The molecule has 21 heteroatoms. The highest BCUT2D eigenvalue weighted by molar-refractivity contribution is 8.00. The minimum atomic E-state index is -5.60. The summed E-state index contributed by atoms with van der Waals surface area (Å²) in [5.41, 5.74) is 2.59. The quantitative estimate of drug-likeness (QED) is 0.0520. The number of urea groups is 1. The number of carboxylic acid groups (broad SMARTS) is 1. The predicted molar refractivity (Wildman–Crippen MR) is 122 cm³/mol. The van der Waals surface area contributed by atoms with Crippen molar-refractivity contribution in [1.82, 2.24) is 15.5 Å². The summed E-state index contributed by atoms with van der Waals surface area (Å²) in [5, 5.41) is 19.5. The topological polar surface area (TPSA) is 296 Å². The Labute approximate surface area is 212 Å². The number of carboxylic acids is 1. The Morgan fingerprint density at radius 3 is 2.30 bits per heavy atom. The fraction of sp³-hybridized carbons (Fsp3) is 0.625. The first kappa shape index (κ1) is 31.0. The summed E-state index contributed by atoms with van der Waals surface area (Å²) in [4.78, 5) is 85.3. The number of amides is 4. The number of unbranched alkanes of at least 4 members (excludes halogenated alkanes) is 1. The third-order valence-corrected chi connectivity index (χ3v) is 10.7. The molecule has 2 aliphatic rings. The van der Waals surface area contributed by atoms with E-state index in [4.69, 9.17) is 30.0 Å². The van der Waals surface area contributed by atoms with Crippen molar-refractivity contribution in [3.63, 3.8) is 0 Å². The zero-order chi connectivity index (χ0) is 28.4. The largest absolute Gasteiger partial charge is 0.477 e. The number of nitrogens with zero attached hydrogens (tertiary/aromatic N) is 1. The number of carbonyl (C=O) groups excluding carboxylic acids is 3. The van der Waals surface area contributed by atoms with Gasteiger partial charge in [0.05, 0.1) is 0 Å². The number of carbonyl (C=O) groups is 4. The Kier molecular flexibility index (Phi) is 9.44. The molecule has 0 saturated carbocycles. The van der Waals surface area contributed by atoms with E-state index in [1.165, 1.54) is 0 Å². The number of primary amides is 1. The van der Waals surface area contributed by atoms with Crippen LogP contribution in [0.2, 0.25) is 0 Å². The van der Waals surface area contributed by atoms with Crippen molar-refractivity contribution in [2.75, 3.05) is 26.0 Å². The van der Waals surface area contributed by atoms with E-state index >= 15 is 0 Å². The summed E-state index contributed by atoms with van der Waals surface area (Å²) in [6.45, 7) is -0.665. The number of ether oxygens (including phenoxy) is 2. The number of nitrogens with two attached hydrogens (primary N) is 1. The van der Waals surface area contributed by atoms with E-state index in [9.17, 15) is 38.5 Å². The molecule has 37 heavy (non-hydrogen) atoms. The van der Waals surface area contributed by atoms with Gasteiger partial charge < -0.3 is 50.3 Å². The minimum absolute atomic E-state index is 0.000179. The van der Waals surface area contributed by atoms with Crippen LogP contribution in [0.3, 0.4) is 0 Å². The molecule has 2 aliphatic heterocycles. The molecule has 0 radical (unpaired) electrons. The predicted octanol–water partition coefficient (Wildman–Crippen LogP) is -1.85. The molecule has 1 fully saturated rings. The van der Waals surface area contributed by atoms with Gasteiger partial charge in [0.25, 0.3) is 16.7 Å². The van der Waals surface area contributed by atoms with Crippen LogP contribution >= 0.6 is 27.0 Å². The van der Waals surface area contributed by atoms with Crippen molar-refractivity contribution in [2.45, 2.75) is 35.4 Å². The molecule has 2 heterocycles. The van der Waals surface area contributed by atoms with Gasteiger partial charge in [0.15, 0.2) is 0 Å². The van der Waals surface area contributed by atoms with E-state index in [2.05, 4.69) is 15.4 Å². The molecule has 1 saturated heterocycles. The molecular weight excluding hydrogens is 566 g/mol. The highest BCUT2D eigenvalue weighted by Crippen LogP contribution is 2.69. The minimum Gasteiger partial charge on any atom is -0.477 e.